The van der Waals surface area contributed by atoms with Crippen LogP contribution in [0.3, 0.4) is 0 Å². The van der Waals surface area contributed by atoms with Gasteiger partial charge in [-0.25, -0.2) is 13.4 Å². The van der Waals surface area contributed by atoms with Gasteiger partial charge in [0.25, 0.3) is 5.56 Å². The Morgan fingerprint density at radius 1 is 1.02 bits per heavy atom. The molecule has 224 valence electrons. The Hall–Kier alpha value is -2.84. The summed E-state index contributed by atoms with van der Waals surface area (Å²) in [5.41, 5.74) is 1.87. The SMILES string of the molecule is CCCOc1ccc(S(=O)(=O)N2CCN(C)CC2)cc1-c1nc2c(CCC)nn(CCN3CCOCC3)c2c(=O)[nH]1. The van der Waals surface area contributed by atoms with Gasteiger partial charge in [-0.1, -0.05) is 20.3 Å². The molecule has 1 N–H and O–H groups in total. The molecular weight excluding hydrogens is 546 g/mol. The maximum Gasteiger partial charge on any atom is 0.277 e. The smallest absolute Gasteiger partial charge is 0.277 e. The lowest BCUT2D eigenvalue weighted by Gasteiger charge is -2.31. The molecule has 41 heavy (non-hydrogen) atoms. The summed E-state index contributed by atoms with van der Waals surface area (Å²) >= 11 is 0. The van der Waals surface area contributed by atoms with Crippen LogP contribution in [-0.2, 0) is 27.7 Å². The van der Waals surface area contributed by atoms with Crippen LogP contribution < -0.4 is 10.3 Å². The van der Waals surface area contributed by atoms with Gasteiger partial charge in [0.05, 0.1) is 42.5 Å². The summed E-state index contributed by atoms with van der Waals surface area (Å²) in [6.07, 6.45) is 2.30. The predicted molar refractivity (Wildman–Crippen MR) is 157 cm³/mol. The van der Waals surface area contributed by atoms with Crippen LogP contribution in [-0.4, -0.2) is 115 Å². The summed E-state index contributed by atoms with van der Waals surface area (Å²) in [7, 11) is -1.75. The lowest BCUT2D eigenvalue weighted by atomic mass is 10.1. The molecule has 1 aromatic carbocycles. The van der Waals surface area contributed by atoms with Crippen molar-refractivity contribution in [2.75, 3.05) is 72.7 Å². The number of morpholine rings is 1. The minimum absolute atomic E-state index is 0.152. The minimum atomic E-state index is -3.74. The Balaban J connectivity index is 1.55. The van der Waals surface area contributed by atoms with Gasteiger partial charge >= 0.3 is 0 Å². The topological polar surface area (TPSA) is 126 Å². The van der Waals surface area contributed by atoms with Crippen molar-refractivity contribution < 1.29 is 17.9 Å². The van der Waals surface area contributed by atoms with Crippen LogP contribution in [0.5, 0.6) is 5.75 Å². The number of rotatable bonds is 11. The quantitative estimate of drug-likeness (QED) is 0.357. The molecule has 0 unspecified atom stereocenters. The van der Waals surface area contributed by atoms with Gasteiger partial charge in [0.1, 0.15) is 17.1 Å². The first-order valence-corrected chi connectivity index (χ1v) is 16.0. The summed E-state index contributed by atoms with van der Waals surface area (Å²) in [6.45, 7) is 11.2. The Kier molecular flexibility index (Phi) is 9.39. The largest absolute Gasteiger partial charge is 0.493 e. The Morgan fingerprint density at radius 2 is 1.78 bits per heavy atom. The average molecular weight is 588 g/mol. The van der Waals surface area contributed by atoms with E-state index in [1.165, 1.54) is 4.31 Å². The first kappa shape index (κ1) is 29.6. The van der Waals surface area contributed by atoms with E-state index in [1.807, 2.05) is 14.0 Å². The summed E-state index contributed by atoms with van der Waals surface area (Å²) in [4.78, 5) is 26.0. The second kappa shape index (κ2) is 13.0. The number of aromatic amines is 1. The molecule has 2 fully saturated rings. The number of likely N-dealkylation sites (N-methyl/N-ethyl adjacent to an activating group) is 1. The number of benzene rings is 1. The normalized spacial score (nSPS) is 17.8. The number of nitrogens with zero attached hydrogens (tertiary/aromatic N) is 6. The van der Waals surface area contributed by atoms with Gasteiger partial charge in [-0.15, -0.1) is 0 Å². The van der Waals surface area contributed by atoms with E-state index in [1.54, 1.807) is 22.9 Å². The number of hydrogen-bond acceptors (Lipinski definition) is 9. The van der Waals surface area contributed by atoms with Gasteiger partial charge in [-0.05, 0) is 38.1 Å². The number of aromatic nitrogens is 4. The third-order valence-corrected chi connectivity index (χ3v) is 9.55. The number of sulfonamides is 1. The van der Waals surface area contributed by atoms with Gasteiger partial charge in [0.2, 0.25) is 10.0 Å². The van der Waals surface area contributed by atoms with Crippen molar-refractivity contribution in [1.82, 2.24) is 33.9 Å². The van der Waals surface area contributed by atoms with E-state index in [4.69, 9.17) is 19.6 Å². The third-order valence-electron chi connectivity index (χ3n) is 7.65. The average Bonchev–Trinajstić information content (AvgIpc) is 3.33. The number of piperazine rings is 1. The fraction of sp³-hybridized carbons (Fsp3) is 0.607. The zero-order valence-electron chi connectivity index (χ0n) is 24.3. The number of fused-ring (bicyclic) bond motifs is 1. The molecule has 0 atom stereocenters. The Labute approximate surface area is 241 Å². The van der Waals surface area contributed by atoms with Crippen molar-refractivity contribution in [3.63, 3.8) is 0 Å². The molecule has 0 saturated carbocycles. The van der Waals surface area contributed by atoms with E-state index in [0.29, 0.717) is 81.3 Å². The van der Waals surface area contributed by atoms with Gasteiger partial charge in [-0.3, -0.25) is 14.4 Å². The number of nitrogens with one attached hydrogen (secondary N) is 1. The third kappa shape index (κ3) is 6.49. The summed E-state index contributed by atoms with van der Waals surface area (Å²) in [5.74, 6) is 0.748. The summed E-state index contributed by atoms with van der Waals surface area (Å²) < 4.78 is 41.9. The fourth-order valence-electron chi connectivity index (χ4n) is 5.28. The molecule has 5 rings (SSSR count). The lowest BCUT2D eigenvalue weighted by Crippen LogP contribution is -2.47. The number of aryl methyl sites for hydroxylation is 1. The highest BCUT2D eigenvalue weighted by Crippen LogP contribution is 2.32. The van der Waals surface area contributed by atoms with E-state index in [0.717, 1.165) is 38.2 Å². The van der Waals surface area contributed by atoms with E-state index in [9.17, 15) is 13.2 Å². The lowest BCUT2D eigenvalue weighted by molar-refractivity contribution is 0.0361. The molecule has 3 aromatic rings. The monoisotopic (exact) mass is 587 g/mol. The van der Waals surface area contributed by atoms with Crippen molar-refractivity contribution in [3.8, 4) is 17.1 Å². The molecular formula is C28H41N7O5S. The maximum atomic E-state index is 13.6. The molecule has 0 radical (unpaired) electrons. The molecule has 0 amide bonds. The van der Waals surface area contributed by atoms with E-state index in [-0.39, 0.29) is 16.3 Å². The molecule has 2 saturated heterocycles. The zero-order chi connectivity index (χ0) is 29.0. The second-order valence-electron chi connectivity index (χ2n) is 10.7. The maximum absolute atomic E-state index is 13.6. The van der Waals surface area contributed by atoms with Gasteiger partial charge in [-0.2, -0.15) is 9.40 Å². The van der Waals surface area contributed by atoms with Crippen molar-refractivity contribution in [2.24, 2.45) is 0 Å². The molecule has 12 nitrogen and oxygen atoms in total. The van der Waals surface area contributed by atoms with Crippen molar-refractivity contribution in [1.29, 1.82) is 0 Å². The molecule has 2 aliphatic rings. The van der Waals surface area contributed by atoms with Crippen LogP contribution in [0.2, 0.25) is 0 Å². The highest BCUT2D eigenvalue weighted by atomic mass is 32.2. The van der Waals surface area contributed by atoms with Crippen LogP contribution in [0.25, 0.3) is 22.4 Å². The van der Waals surface area contributed by atoms with Gasteiger partial charge in [0.15, 0.2) is 5.52 Å². The van der Waals surface area contributed by atoms with Gasteiger partial charge < -0.3 is 19.4 Å². The van der Waals surface area contributed by atoms with Crippen LogP contribution in [0, 0.1) is 0 Å². The molecule has 4 heterocycles. The van der Waals surface area contributed by atoms with Crippen LogP contribution in [0.15, 0.2) is 27.9 Å². The number of ether oxygens (including phenoxy) is 2. The first-order valence-electron chi connectivity index (χ1n) is 14.6. The Morgan fingerprint density at radius 3 is 2.49 bits per heavy atom. The molecule has 0 bridgehead atoms. The molecule has 0 aliphatic carbocycles. The van der Waals surface area contributed by atoms with Crippen LogP contribution >= 0.6 is 0 Å². The van der Waals surface area contributed by atoms with E-state index in [2.05, 4.69) is 21.7 Å². The number of hydrogen-bond donors (Lipinski definition) is 1. The van der Waals surface area contributed by atoms with Crippen molar-refractivity contribution in [2.45, 2.75) is 44.6 Å². The minimum Gasteiger partial charge on any atom is -0.493 e. The molecule has 2 aliphatic heterocycles. The first-order chi connectivity index (χ1) is 19.8. The highest BCUT2D eigenvalue weighted by molar-refractivity contribution is 7.89. The van der Waals surface area contributed by atoms with E-state index >= 15 is 0 Å². The predicted octanol–water partition coefficient (Wildman–Crippen LogP) is 1.80. The van der Waals surface area contributed by atoms with Crippen molar-refractivity contribution in [3.05, 3.63) is 34.2 Å². The molecule has 0 spiro atoms. The molecule has 13 heteroatoms. The Bertz CT molecular complexity index is 1510. The van der Waals surface area contributed by atoms with Crippen LogP contribution in [0.4, 0.5) is 0 Å². The number of H-pyrrole nitrogens is 1. The van der Waals surface area contributed by atoms with Crippen LogP contribution in [0.1, 0.15) is 32.4 Å². The fourth-order valence-corrected chi connectivity index (χ4v) is 6.73. The zero-order valence-corrected chi connectivity index (χ0v) is 25.1. The molecule has 2 aromatic heterocycles. The second-order valence-corrected chi connectivity index (χ2v) is 12.6. The summed E-state index contributed by atoms with van der Waals surface area (Å²) in [5, 5.41) is 4.79. The van der Waals surface area contributed by atoms with Gasteiger partial charge in [0, 0.05) is 45.8 Å². The van der Waals surface area contributed by atoms with Crippen molar-refractivity contribution >= 4 is 21.1 Å². The standard InChI is InChI=1S/C28H41N7O5S/c1-4-6-23-25-26(35(31-23)14-11-33-15-18-39-19-16-33)28(36)30-27(29-25)22-20-21(7-8-24(22)40-17-5-2)41(37,38)34-12-9-32(3)10-13-34/h7-8,20H,4-6,9-19H2,1-3H3,(H,29,30,36). The van der Waals surface area contributed by atoms with E-state index < -0.39 is 10.0 Å². The highest BCUT2D eigenvalue weighted by Gasteiger charge is 2.29. The summed E-state index contributed by atoms with van der Waals surface area (Å²) in [6, 6.07) is 4.81.